The Morgan fingerprint density at radius 2 is 1.75 bits per heavy atom. The molecule has 4 nitrogen and oxygen atoms in total. The maximum atomic E-state index is 11.7. The van der Waals surface area contributed by atoms with Crippen LogP contribution in [0.5, 0.6) is 0 Å². The number of rotatable bonds is 4. The lowest BCUT2D eigenvalue weighted by Gasteiger charge is -2.02. The number of nitrogens with one attached hydrogen (secondary N) is 2. The van der Waals surface area contributed by atoms with Crippen LogP contribution in [-0.2, 0) is 4.79 Å². The van der Waals surface area contributed by atoms with Gasteiger partial charge in [0.05, 0.1) is 12.1 Å². The van der Waals surface area contributed by atoms with Crippen LogP contribution in [0, 0.1) is 11.8 Å². The second-order valence-corrected chi connectivity index (χ2v) is 4.89. The largest absolute Gasteiger partial charge is 0.355 e. The van der Waals surface area contributed by atoms with Crippen LogP contribution in [0.2, 0.25) is 0 Å². The van der Waals surface area contributed by atoms with E-state index in [0.717, 1.165) is 5.56 Å². The average Bonchev–Trinajstić information content (AvgIpc) is 2.64. The molecule has 0 aromatic heterocycles. The first-order chi connectivity index (χ1) is 11.7. The molecule has 0 spiro atoms. The predicted molar refractivity (Wildman–Crippen MR) is 95.2 cm³/mol. The van der Waals surface area contributed by atoms with Crippen LogP contribution in [0.25, 0.3) is 6.08 Å². The standard InChI is InChI=1S/C20H18N2O2/c1-21-20(24)18-12-6-5-10-17(18)11-7-15-22-19(23)14-13-16-8-3-2-4-9-16/h2-6,8-10,12-14H,15H2,1H3,(H,21,24)(H,22,23)/b14-13+. The molecule has 0 fully saturated rings. The fourth-order valence-electron chi connectivity index (χ4n) is 1.99. The minimum Gasteiger partial charge on any atom is -0.355 e. The van der Waals surface area contributed by atoms with Crippen LogP contribution < -0.4 is 10.6 Å². The summed E-state index contributed by atoms with van der Waals surface area (Å²) in [5, 5.41) is 5.26. The van der Waals surface area contributed by atoms with Crippen molar-refractivity contribution in [3.63, 3.8) is 0 Å². The molecule has 0 bridgehead atoms. The Morgan fingerprint density at radius 3 is 2.50 bits per heavy atom. The van der Waals surface area contributed by atoms with Gasteiger partial charge in [-0.05, 0) is 23.8 Å². The Balaban J connectivity index is 1.91. The molecule has 120 valence electrons. The first kappa shape index (κ1) is 17.0. The Hall–Kier alpha value is -3.32. The van der Waals surface area contributed by atoms with Crippen molar-refractivity contribution in [2.45, 2.75) is 0 Å². The topological polar surface area (TPSA) is 58.2 Å². The molecule has 2 aromatic rings. The lowest BCUT2D eigenvalue weighted by Crippen LogP contribution is -2.21. The molecule has 0 saturated carbocycles. The minimum atomic E-state index is -0.215. The zero-order valence-corrected chi connectivity index (χ0v) is 13.4. The molecule has 2 N–H and O–H groups in total. The van der Waals surface area contributed by atoms with Crippen molar-refractivity contribution >= 4 is 17.9 Å². The molecule has 24 heavy (non-hydrogen) atoms. The van der Waals surface area contributed by atoms with Crippen LogP contribution >= 0.6 is 0 Å². The lowest BCUT2D eigenvalue weighted by molar-refractivity contribution is -0.116. The summed E-state index contributed by atoms with van der Waals surface area (Å²) < 4.78 is 0. The van der Waals surface area contributed by atoms with E-state index in [9.17, 15) is 9.59 Å². The lowest BCUT2D eigenvalue weighted by atomic mass is 10.1. The summed E-state index contributed by atoms with van der Waals surface area (Å²) in [4.78, 5) is 23.5. The zero-order valence-electron chi connectivity index (χ0n) is 13.4. The predicted octanol–water partition coefficient (Wildman–Crippen LogP) is 2.23. The maximum absolute atomic E-state index is 11.7. The number of hydrogen-bond donors (Lipinski definition) is 2. The monoisotopic (exact) mass is 318 g/mol. The van der Waals surface area contributed by atoms with Crippen molar-refractivity contribution in [1.82, 2.24) is 10.6 Å². The van der Waals surface area contributed by atoms with Gasteiger partial charge in [-0.1, -0.05) is 54.3 Å². The van der Waals surface area contributed by atoms with Crippen LogP contribution in [0.15, 0.2) is 60.7 Å². The Bertz CT molecular complexity index is 799. The molecule has 2 rings (SSSR count). The number of carbonyl (C=O) groups is 2. The molecule has 2 aromatic carbocycles. The third-order valence-electron chi connectivity index (χ3n) is 3.20. The summed E-state index contributed by atoms with van der Waals surface area (Å²) >= 11 is 0. The highest BCUT2D eigenvalue weighted by atomic mass is 16.2. The molecule has 4 heteroatoms. The van der Waals surface area contributed by atoms with E-state index >= 15 is 0 Å². The van der Waals surface area contributed by atoms with Gasteiger partial charge in [-0.25, -0.2) is 0 Å². The summed E-state index contributed by atoms with van der Waals surface area (Å²) in [6.45, 7) is 0.208. The molecule has 0 radical (unpaired) electrons. The Kier molecular flexibility index (Phi) is 6.36. The van der Waals surface area contributed by atoms with Crippen molar-refractivity contribution in [1.29, 1.82) is 0 Å². The fourth-order valence-corrected chi connectivity index (χ4v) is 1.99. The smallest absolute Gasteiger partial charge is 0.252 e. The van der Waals surface area contributed by atoms with Gasteiger partial charge in [0.2, 0.25) is 5.91 Å². The van der Waals surface area contributed by atoms with Gasteiger partial charge in [0.1, 0.15) is 0 Å². The average molecular weight is 318 g/mol. The Labute approximate surface area is 141 Å². The number of amides is 2. The van der Waals surface area contributed by atoms with E-state index < -0.39 is 0 Å². The van der Waals surface area contributed by atoms with Gasteiger partial charge >= 0.3 is 0 Å². The number of hydrogen-bond acceptors (Lipinski definition) is 2. The molecular weight excluding hydrogens is 300 g/mol. The molecule has 0 atom stereocenters. The summed E-state index contributed by atoms with van der Waals surface area (Å²) in [6.07, 6.45) is 3.21. The first-order valence-electron chi connectivity index (χ1n) is 7.51. The van der Waals surface area contributed by atoms with Crippen LogP contribution in [-0.4, -0.2) is 25.4 Å². The molecule has 0 saturated heterocycles. The normalized spacial score (nSPS) is 9.88. The second kappa shape index (κ2) is 8.96. The maximum Gasteiger partial charge on any atom is 0.252 e. The summed E-state index contributed by atoms with van der Waals surface area (Å²) in [7, 11) is 1.58. The molecule has 0 unspecified atom stereocenters. The van der Waals surface area contributed by atoms with E-state index in [-0.39, 0.29) is 18.4 Å². The molecule has 0 heterocycles. The van der Waals surface area contributed by atoms with E-state index in [1.54, 1.807) is 31.3 Å². The van der Waals surface area contributed by atoms with Crippen molar-refractivity contribution in [3.05, 3.63) is 77.4 Å². The van der Waals surface area contributed by atoms with Gasteiger partial charge in [-0.15, -0.1) is 0 Å². The first-order valence-corrected chi connectivity index (χ1v) is 7.51. The van der Waals surface area contributed by atoms with E-state index in [1.165, 1.54) is 6.08 Å². The molecule has 2 amide bonds. The van der Waals surface area contributed by atoms with Crippen LogP contribution in [0.1, 0.15) is 21.5 Å². The van der Waals surface area contributed by atoms with Crippen molar-refractivity contribution in [2.24, 2.45) is 0 Å². The van der Waals surface area contributed by atoms with Gasteiger partial charge < -0.3 is 10.6 Å². The van der Waals surface area contributed by atoms with Gasteiger partial charge in [-0.2, -0.15) is 0 Å². The second-order valence-electron chi connectivity index (χ2n) is 4.89. The number of carbonyl (C=O) groups excluding carboxylic acids is 2. The van der Waals surface area contributed by atoms with Crippen molar-refractivity contribution < 1.29 is 9.59 Å². The SMILES string of the molecule is CNC(=O)c1ccccc1C#CCNC(=O)/C=C/c1ccccc1. The van der Waals surface area contributed by atoms with E-state index in [2.05, 4.69) is 22.5 Å². The van der Waals surface area contributed by atoms with Gasteiger partial charge in [0, 0.05) is 18.7 Å². The van der Waals surface area contributed by atoms with Gasteiger partial charge in [0.25, 0.3) is 5.91 Å². The van der Waals surface area contributed by atoms with E-state index in [1.807, 2.05) is 36.4 Å². The minimum absolute atomic E-state index is 0.185. The van der Waals surface area contributed by atoms with Gasteiger partial charge in [0.15, 0.2) is 0 Å². The van der Waals surface area contributed by atoms with E-state index in [0.29, 0.717) is 11.1 Å². The Morgan fingerprint density at radius 1 is 1.04 bits per heavy atom. The van der Waals surface area contributed by atoms with Crippen LogP contribution in [0.4, 0.5) is 0 Å². The summed E-state index contributed by atoms with van der Waals surface area (Å²) in [5.41, 5.74) is 2.10. The highest BCUT2D eigenvalue weighted by molar-refractivity contribution is 5.96. The van der Waals surface area contributed by atoms with E-state index in [4.69, 9.17) is 0 Å². The third kappa shape index (κ3) is 5.15. The van der Waals surface area contributed by atoms with Crippen LogP contribution in [0.3, 0.4) is 0 Å². The van der Waals surface area contributed by atoms with Crippen molar-refractivity contribution in [2.75, 3.05) is 13.6 Å². The quantitative estimate of drug-likeness (QED) is 0.671. The zero-order chi connectivity index (χ0) is 17.2. The highest BCUT2D eigenvalue weighted by Crippen LogP contribution is 2.06. The molecule has 0 aliphatic rings. The molecule has 0 aliphatic heterocycles. The van der Waals surface area contributed by atoms with Gasteiger partial charge in [-0.3, -0.25) is 9.59 Å². The fraction of sp³-hybridized carbons (Fsp3) is 0.100. The third-order valence-corrected chi connectivity index (χ3v) is 3.20. The molecule has 0 aliphatic carbocycles. The summed E-state index contributed by atoms with van der Waals surface area (Å²) in [5.74, 6) is 5.36. The number of benzene rings is 2. The van der Waals surface area contributed by atoms with Crippen molar-refractivity contribution in [3.8, 4) is 11.8 Å². The summed E-state index contributed by atoms with van der Waals surface area (Å²) in [6, 6.07) is 16.7. The highest BCUT2D eigenvalue weighted by Gasteiger charge is 2.06. The molecular formula is C20H18N2O2.